The van der Waals surface area contributed by atoms with Gasteiger partial charge in [-0.15, -0.1) is 24.0 Å². The number of rotatable bonds is 4. The van der Waals surface area contributed by atoms with Crippen LogP contribution in [-0.4, -0.2) is 42.9 Å². The fourth-order valence-electron chi connectivity index (χ4n) is 2.50. The number of hydrogen-bond donors (Lipinski definition) is 2. The van der Waals surface area contributed by atoms with Crippen molar-refractivity contribution < 1.29 is 4.79 Å². The van der Waals surface area contributed by atoms with Gasteiger partial charge in [0, 0.05) is 39.1 Å². The second-order valence-electron chi connectivity index (χ2n) is 5.23. The molecule has 1 aliphatic heterocycles. The summed E-state index contributed by atoms with van der Waals surface area (Å²) in [7, 11) is 1.77. The lowest BCUT2D eigenvalue weighted by atomic mass is 10.2. The van der Waals surface area contributed by atoms with E-state index in [0.29, 0.717) is 6.42 Å². The second kappa shape index (κ2) is 9.66. The Kier molecular flexibility index (Phi) is 8.22. The fraction of sp³-hybridized carbons (Fsp3) is 0.500. The first kappa shape index (κ1) is 18.7. The highest BCUT2D eigenvalue weighted by Crippen LogP contribution is 2.10. The molecule has 1 heterocycles. The predicted molar refractivity (Wildman–Crippen MR) is 100 cm³/mol. The van der Waals surface area contributed by atoms with Crippen LogP contribution in [0.2, 0.25) is 0 Å². The molecule has 1 aliphatic rings. The van der Waals surface area contributed by atoms with Gasteiger partial charge in [0.25, 0.3) is 0 Å². The van der Waals surface area contributed by atoms with Gasteiger partial charge in [-0.05, 0) is 12.0 Å². The molecule has 6 heteroatoms. The quantitative estimate of drug-likeness (QED) is 0.449. The standard InChI is InChI=1S/C16H24N4O.HI/c1-3-15(21)20-10-9-14(12-20)19-16(17-2)18-11-13-7-5-4-6-8-13;/h4-8,14H,3,9-12H2,1-2H3,(H2,17,18,19);1H. The average Bonchev–Trinajstić information content (AvgIpc) is 3.00. The molecule has 22 heavy (non-hydrogen) atoms. The number of benzene rings is 1. The molecule has 0 aliphatic carbocycles. The number of amides is 1. The van der Waals surface area contributed by atoms with Gasteiger partial charge in [-0.25, -0.2) is 0 Å². The third kappa shape index (κ3) is 5.47. The number of nitrogens with one attached hydrogen (secondary N) is 2. The SMILES string of the molecule is CCC(=O)N1CCC(NC(=NC)NCc2ccccc2)C1.I. The molecule has 2 rings (SSSR count). The number of carbonyl (C=O) groups excluding carboxylic acids is 1. The average molecular weight is 416 g/mol. The molecule has 0 aromatic heterocycles. The first-order chi connectivity index (χ1) is 10.2. The van der Waals surface area contributed by atoms with Gasteiger partial charge >= 0.3 is 0 Å². The molecule has 122 valence electrons. The minimum Gasteiger partial charge on any atom is -0.352 e. The molecule has 1 fully saturated rings. The van der Waals surface area contributed by atoms with Crippen LogP contribution in [0.3, 0.4) is 0 Å². The number of hydrogen-bond acceptors (Lipinski definition) is 2. The summed E-state index contributed by atoms with van der Waals surface area (Å²) in [4.78, 5) is 17.8. The summed E-state index contributed by atoms with van der Waals surface area (Å²) in [6.45, 7) is 4.24. The largest absolute Gasteiger partial charge is 0.352 e. The van der Waals surface area contributed by atoms with Crippen molar-refractivity contribution in [2.24, 2.45) is 4.99 Å². The molecule has 1 atom stereocenters. The summed E-state index contributed by atoms with van der Waals surface area (Å²) >= 11 is 0. The molecule has 0 saturated carbocycles. The lowest BCUT2D eigenvalue weighted by molar-refractivity contribution is -0.129. The van der Waals surface area contributed by atoms with E-state index in [2.05, 4.69) is 27.8 Å². The first-order valence-electron chi connectivity index (χ1n) is 7.51. The molecular formula is C16H25IN4O. The zero-order valence-corrected chi connectivity index (χ0v) is 15.5. The Morgan fingerprint density at radius 1 is 1.36 bits per heavy atom. The maximum absolute atomic E-state index is 11.7. The normalized spacial score (nSPS) is 17.8. The minimum absolute atomic E-state index is 0. The van der Waals surface area contributed by atoms with Gasteiger partial charge in [-0.1, -0.05) is 37.3 Å². The van der Waals surface area contributed by atoms with Crippen molar-refractivity contribution >= 4 is 35.8 Å². The number of halogens is 1. The third-order valence-corrected chi connectivity index (χ3v) is 3.71. The zero-order valence-electron chi connectivity index (χ0n) is 13.2. The number of likely N-dealkylation sites (tertiary alicyclic amines) is 1. The van der Waals surface area contributed by atoms with E-state index < -0.39 is 0 Å². The maximum Gasteiger partial charge on any atom is 0.222 e. The van der Waals surface area contributed by atoms with Crippen molar-refractivity contribution in [3.8, 4) is 0 Å². The van der Waals surface area contributed by atoms with Crippen LogP contribution in [0.4, 0.5) is 0 Å². The van der Waals surface area contributed by atoms with Crippen LogP contribution in [0.15, 0.2) is 35.3 Å². The van der Waals surface area contributed by atoms with Gasteiger partial charge in [-0.2, -0.15) is 0 Å². The van der Waals surface area contributed by atoms with Crippen molar-refractivity contribution in [2.75, 3.05) is 20.1 Å². The Bertz CT molecular complexity index is 492. The van der Waals surface area contributed by atoms with Gasteiger partial charge in [0.15, 0.2) is 5.96 Å². The third-order valence-electron chi connectivity index (χ3n) is 3.71. The highest BCUT2D eigenvalue weighted by molar-refractivity contribution is 14.0. The number of aliphatic imine (C=N–C) groups is 1. The summed E-state index contributed by atoms with van der Waals surface area (Å²) < 4.78 is 0. The lowest BCUT2D eigenvalue weighted by Crippen LogP contribution is -2.44. The molecule has 1 unspecified atom stereocenters. The summed E-state index contributed by atoms with van der Waals surface area (Å²) in [6, 6.07) is 10.5. The van der Waals surface area contributed by atoms with Crippen LogP contribution >= 0.6 is 24.0 Å². The second-order valence-corrected chi connectivity index (χ2v) is 5.23. The van der Waals surface area contributed by atoms with Gasteiger partial charge in [0.1, 0.15) is 0 Å². The molecule has 0 bridgehead atoms. The zero-order chi connectivity index (χ0) is 15.1. The van der Waals surface area contributed by atoms with Crippen molar-refractivity contribution in [3.05, 3.63) is 35.9 Å². The Balaban J connectivity index is 0.00000242. The van der Waals surface area contributed by atoms with E-state index in [1.165, 1.54) is 5.56 Å². The molecule has 5 nitrogen and oxygen atoms in total. The van der Waals surface area contributed by atoms with Crippen LogP contribution in [0, 0.1) is 0 Å². The van der Waals surface area contributed by atoms with Crippen LogP contribution in [0.5, 0.6) is 0 Å². The van der Waals surface area contributed by atoms with Crippen molar-refractivity contribution in [2.45, 2.75) is 32.4 Å². The summed E-state index contributed by atoms with van der Waals surface area (Å²) in [6.07, 6.45) is 1.55. The molecular weight excluding hydrogens is 391 g/mol. The Hall–Kier alpha value is -1.31. The number of guanidine groups is 1. The Labute approximate surface area is 149 Å². The lowest BCUT2D eigenvalue weighted by Gasteiger charge is -2.18. The molecule has 1 aromatic rings. The van der Waals surface area contributed by atoms with E-state index in [9.17, 15) is 4.79 Å². The van der Waals surface area contributed by atoms with E-state index >= 15 is 0 Å². The minimum atomic E-state index is 0. The molecule has 1 saturated heterocycles. The predicted octanol–water partition coefficient (Wildman–Crippen LogP) is 1.98. The maximum atomic E-state index is 11.7. The highest BCUT2D eigenvalue weighted by atomic mass is 127. The molecule has 1 amide bonds. The van der Waals surface area contributed by atoms with Crippen LogP contribution < -0.4 is 10.6 Å². The van der Waals surface area contributed by atoms with Gasteiger partial charge in [0.05, 0.1) is 0 Å². The Morgan fingerprint density at radius 3 is 2.73 bits per heavy atom. The summed E-state index contributed by atoms with van der Waals surface area (Å²) in [5.74, 6) is 1.01. The van der Waals surface area contributed by atoms with E-state index in [1.54, 1.807) is 7.05 Å². The first-order valence-corrected chi connectivity index (χ1v) is 7.51. The van der Waals surface area contributed by atoms with Crippen molar-refractivity contribution in [1.82, 2.24) is 15.5 Å². The fourth-order valence-corrected chi connectivity index (χ4v) is 2.50. The van der Waals surface area contributed by atoms with Crippen LogP contribution in [0.25, 0.3) is 0 Å². The Morgan fingerprint density at radius 2 is 2.09 bits per heavy atom. The molecule has 0 spiro atoms. The van der Waals surface area contributed by atoms with Gasteiger partial charge in [0.2, 0.25) is 5.91 Å². The monoisotopic (exact) mass is 416 g/mol. The number of nitrogens with zero attached hydrogens (tertiary/aromatic N) is 2. The van der Waals surface area contributed by atoms with Gasteiger partial charge < -0.3 is 15.5 Å². The topological polar surface area (TPSA) is 56.7 Å². The smallest absolute Gasteiger partial charge is 0.222 e. The molecule has 1 aromatic carbocycles. The van der Waals surface area contributed by atoms with Crippen LogP contribution in [0.1, 0.15) is 25.3 Å². The van der Waals surface area contributed by atoms with E-state index in [-0.39, 0.29) is 35.9 Å². The van der Waals surface area contributed by atoms with E-state index in [1.807, 2.05) is 30.0 Å². The van der Waals surface area contributed by atoms with E-state index in [4.69, 9.17) is 0 Å². The van der Waals surface area contributed by atoms with Crippen molar-refractivity contribution in [1.29, 1.82) is 0 Å². The molecule has 2 N–H and O–H groups in total. The highest BCUT2D eigenvalue weighted by Gasteiger charge is 2.25. The van der Waals surface area contributed by atoms with E-state index in [0.717, 1.165) is 32.0 Å². The van der Waals surface area contributed by atoms with Crippen LogP contribution in [-0.2, 0) is 11.3 Å². The summed E-state index contributed by atoms with van der Waals surface area (Å²) in [5.41, 5.74) is 1.22. The van der Waals surface area contributed by atoms with Crippen molar-refractivity contribution in [3.63, 3.8) is 0 Å². The summed E-state index contributed by atoms with van der Waals surface area (Å²) in [5, 5.41) is 6.70. The van der Waals surface area contributed by atoms with Gasteiger partial charge in [-0.3, -0.25) is 9.79 Å². The number of carbonyl (C=O) groups is 1. The molecule has 0 radical (unpaired) electrons.